The van der Waals surface area contributed by atoms with Gasteiger partial charge in [0.2, 0.25) is 5.91 Å². The molecule has 1 saturated heterocycles. The quantitative estimate of drug-likeness (QED) is 0.586. The average Bonchev–Trinajstić information content (AvgIpc) is 2.65. The lowest BCUT2D eigenvalue weighted by Gasteiger charge is -2.42. The Labute approximate surface area is 176 Å². The number of amides is 1. The highest BCUT2D eigenvalue weighted by Gasteiger charge is 2.35. The Bertz CT molecular complexity index is 1030. The molecule has 1 amide bonds. The van der Waals surface area contributed by atoms with Crippen LogP contribution in [0.25, 0.3) is 0 Å². The summed E-state index contributed by atoms with van der Waals surface area (Å²) < 4.78 is 1.84. The molecule has 29 heavy (non-hydrogen) atoms. The van der Waals surface area contributed by atoms with Gasteiger partial charge in [0.1, 0.15) is 0 Å². The fourth-order valence-corrected chi connectivity index (χ4v) is 4.86. The van der Waals surface area contributed by atoms with E-state index in [1.807, 2.05) is 10.6 Å². The van der Waals surface area contributed by atoms with Crippen LogP contribution in [0.15, 0.2) is 35.1 Å². The van der Waals surface area contributed by atoms with Crippen molar-refractivity contribution in [3.63, 3.8) is 0 Å². The second kappa shape index (κ2) is 7.78. The Morgan fingerprint density at radius 1 is 1.21 bits per heavy atom. The summed E-state index contributed by atoms with van der Waals surface area (Å²) in [5, 5.41) is 13.6. The van der Waals surface area contributed by atoms with Gasteiger partial charge in [-0.3, -0.25) is 24.6 Å². The van der Waals surface area contributed by atoms with Crippen molar-refractivity contribution in [1.82, 2.24) is 9.47 Å². The second-order valence-electron chi connectivity index (χ2n) is 7.48. The van der Waals surface area contributed by atoms with Crippen LogP contribution in [0.4, 0.5) is 11.4 Å². The first-order valence-electron chi connectivity index (χ1n) is 9.17. The molecule has 4 rings (SSSR count). The molecule has 152 valence electrons. The molecule has 2 aliphatic rings. The van der Waals surface area contributed by atoms with Crippen molar-refractivity contribution >= 4 is 40.5 Å². The van der Waals surface area contributed by atoms with Crippen LogP contribution in [0, 0.1) is 16.0 Å². The Hall–Kier alpha value is -2.42. The molecular weight excluding hydrogens is 419 g/mol. The summed E-state index contributed by atoms with van der Waals surface area (Å²) in [6.45, 7) is 2.19. The molecule has 2 aliphatic heterocycles. The Morgan fingerprint density at radius 3 is 2.62 bits per heavy atom. The van der Waals surface area contributed by atoms with Gasteiger partial charge >= 0.3 is 0 Å². The SMILES string of the molecule is O=C(CN1C[C@H]2C[C@H](C1)c1cccc(=O)n1C2)Nc1c(Cl)cc([N+](=O)[O-])cc1Cl. The second-order valence-corrected chi connectivity index (χ2v) is 8.30. The number of carbonyl (C=O) groups excluding carboxylic acids is 1. The lowest BCUT2D eigenvalue weighted by Crippen LogP contribution is -2.49. The Morgan fingerprint density at radius 2 is 1.93 bits per heavy atom. The van der Waals surface area contributed by atoms with Gasteiger partial charge in [0, 0.05) is 49.4 Å². The van der Waals surface area contributed by atoms with Crippen LogP contribution in [0.5, 0.6) is 0 Å². The van der Waals surface area contributed by atoms with Crippen LogP contribution in [0.2, 0.25) is 10.0 Å². The number of hydrogen-bond acceptors (Lipinski definition) is 5. The molecular formula is C19H18Cl2N4O4. The number of nitro groups is 1. The summed E-state index contributed by atoms with van der Waals surface area (Å²) in [5.74, 6) is 0.213. The molecule has 0 spiro atoms. The van der Waals surface area contributed by atoms with Gasteiger partial charge < -0.3 is 9.88 Å². The van der Waals surface area contributed by atoms with Gasteiger partial charge in [0.05, 0.1) is 27.2 Å². The number of carbonyl (C=O) groups is 1. The molecule has 2 atom stereocenters. The normalized spacial score (nSPS) is 20.8. The highest BCUT2D eigenvalue weighted by atomic mass is 35.5. The number of aromatic nitrogens is 1. The lowest BCUT2D eigenvalue weighted by molar-refractivity contribution is -0.384. The van der Waals surface area contributed by atoms with E-state index in [2.05, 4.69) is 10.2 Å². The third kappa shape index (κ3) is 4.01. The number of benzene rings is 1. The zero-order valence-corrected chi connectivity index (χ0v) is 16.8. The van der Waals surface area contributed by atoms with Crippen molar-refractivity contribution in [3.05, 3.63) is 66.5 Å². The van der Waals surface area contributed by atoms with Crippen LogP contribution in [0.1, 0.15) is 18.0 Å². The van der Waals surface area contributed by atoms with E-state index >= 15 is 0 Å². The number of halogens is 2. The molecule has 8 nitrogen and oxygen atoms in total. The van der Waals surface area contributed by atoms with Crippen LogP contribution in [-0.2, 0) is 11.3 Å². The van der Waals surface area contributed by atoms with Gasteiger partial charge in [-0.1, -0.05) is 29.3 Å². The third-order valence-electron chi connectivity index (χ3n) is 5.42. The van der Waals surface area contributed by atoms with Crippen molar-refractivity contribution in [2.45, 2.75) is 18.9 Å². The van der Waals surface area contributed by atoms with Crippen molar-refractivity contribution < 1.29 is 9.72 Å². The van der Waals surface area contributed by atoms with E-state index in [1.54, 1.807) is 12.1 Å². The summed E-state index contributed by atoms with van der Waals surface area (Å²) in [6.07, 6.45) is 1.00. The number of nitrogens with one attached hydrogen (secondary N) is 1. The maximum atomic E-state index is 12.6. The number of nitrogens with zero attached hydrogens (tertiary/aromatic N) is 3. The smallest absolute Gasteiger partial charge is 0.272 e. The minimum atomic E-state index is -0.598. The molecule has 1 N–H and O–H groups in total. The van der Waals surface area contributed by atoms with Gasteiger partial charge in [0.25, 0.3) is 11.2 Å². The first-order valence-corrected chi connectivity index (χ1v) is 9.93. The van der Waals surface area contributed by atoms with E-state index in [0.717, 1.165) is 24.2 Å². The summed E-state index contributed by atoms with van der Waals surface area (Å²) >= 11 is 12.1. The number of hydrogen-bond donors (Lipinski definition) is 1. The first-order chi connectivity index (χ1) is 13.8. The van der Waals surface area contributed by atoms with Crippen molar-refractivity contribution in [3.8, 4) is 0 Å². The highest BCUT2D eigenvalue weighted by molar-refractivity contribution is 6.40. The topological polar surface area (TPSA) is 97.5 Å². The van der Waals surface area contributed by atoms with Crippen molar-refractivity contribution in [2.75, 3.05) is 25.0 Å². The standard InChI is InChI=1S/C19H18Cl2N4O4/c20-14-5-13(25(28)29)6-15(21)19(14)22-17(26)10-23-7-11-4-12(9-23)16-2-1-3-18(27)24(16)8-11/h1-3,5-6,11-12H,4,7-10H2,(H,22,26)/t11-,12-/m1/s1. The Balaban J connectivity index is 1.45. The summed E-state index contributed by atoms with van der Waals surface area (Å²) in [7, 11) is 0. The molecule has 1 fully saturated rings. The summed E-state index contributed by atoms with van der Waals surface area (Å²) in [6, 6.07) is 7.64. The summed E-state index contributed by atoms with van der Waals surface area (Å²) in [5.41, 5.74) is 0.958. The molecule has 10 heteroatoms. The van der Waals surface area contributed by atoms with Crippen LogP contribution in [-0.4, -0.2) is 39.9 Å². The largest absolute Gasteiger partial charge is 0.322 e. The van der Waals surface area contributed by atoms with E-state index < -0.39 is 4.92 Å². The minimum absolute atomic E-state index is 0.0152. The van der Waals surface area contributed by atoms with Crippen LogP contribution in [0.3, 0.4) is 0 Å². The maximum Gasteiger partial charge on any atom is 0.272 e. The summed E-state index contributed by atoms with van der Waals surface area (Å²) in [4.78, 5) is 37.0. The van der Waals surface area contributed by atoms with Gasteiger partial charge in [0.15, 0.2) is 0 Å². The first kappa shape index (κ1) is 19.9. The monoisotopic (exact) mass is 436 g/mol. The number of pyridine rings is 1. The maximum absolute atomic E-state index is 12.6. The molecule has 0 saturated carbocycles. The molecule has 0 radical (unpaired) electrons. The van der Waals surface area contributed by atoms with Gasteiger partial charge in [-0.15, -0.1) is 0 Å². The van der Waals surface area contributed by atoms with E-state index in [1.165, 1.54) is 0 Å². The van der Waals surface area contributed by atoms with Crippen LogP contribution < -0.4 is 10.9 Å². The number of rotatable bonds is 4. The zero-order valence-electron chi connectivity index (χ0n) is 15.3. The predicted molar refractivity (Wildman–Crippen MR) is 110 cm³/mol. The zero-order chi connectivity index (χ0) is 20.7. The predicted octanol–water partition coefficient (Wildman–Crippen LogP) is 3.12. The fourth-order valence-electron chi connectivity index (χ4n) is 4.29. The molecule has 1 aromatic heterocycles. The van der Waals surface area contributed by atoms with E-state index in [0.29, 0.717) is 25.6 Å². The number of piperidine rings is 1. The third-order valence-corrected chi connectivity index (χ3v) is 6.02. The number of fused-ring (bicyclic) bond motifs is 4. The molecule has 0 unspecified atom stereocenters. The number of anilines is 1. The van der Waals surface area contributed by atoms with Crippen LogP contribution >= 0.6 is 23.2 Å². The molecule has 1 aromatic carbocycles. The van der Waals surface area contributed by atoms with Gasteiger partial charge in [-0.2, -0.15) is 0 Å². The highest BCUT2D eigenvalue weighted by Crippen LogP contribution is 2.36. The molecule has 2 aromatic rings. The molecule has 0 aliphatic carbocycles. The molecule has 3 heterocycles. The van der Waals surface area contributed by atoms with Crippen molar-refractivity contribution in [1.29, 1.82) is 0 Å². The van der Waals surface area contributed by atoms with E-state index in [4.69, 9.17) is 23.2 Å². The van der Waals surface area contributed by atoms with E-state index in [9.17, 15) is 19.7 Å². The fraction of sp³-hybridized carbons (Fsp3) is 0.368. The lowest BCUT2D eigenvalue weighted by atomic mass is 9.83. The van der Waals surface area contributed by atoms with Gasteiger partial charge in [-0.25, -0.2) is 0 Å². The number of likely N-dealkylation sites (tertiary alicyclic amines) is 1. The molecule has 2 bridgehead atoms. The minimum Gasteiger partial charge on any atom is -0.322 e. The van der Waals surface area contributed by atoms with Crippen molar-refractivity contribution in [2.24, 2.45) is 5.92 Å². The average molecular weight is 437 g/mol. The number of non-ortho nitro benzene ring substituents is 1. The Kier molecular flexibility index (Phi) is 5.33. The number of nitro benzene ring substituents is 1. The van der Waals surface area contributed by atoms with E-state index in [-0.39, 0.29) is 45.3 Å². The van der Waals surface area contributed by atoms with Gasteiger partial charge in [-0.05, 0) is 18.4 Å².